The Balaban J connectivity index is 1.61. The molecule has 0 fully saturated rings. The fraction of sp³-hybridized carbons (Fsp3) is 0.0909. The maximum atomic E-state index is 11.1. The molecule has 2 N–H and O–H groups in total. The number of fused-ring (bicyclic) bond motifs is 1. The number of hydrogen-bond acceptors (Lipinski definition) is 5. The number of anilines is 2. The molecule has 0 spiro atoms. The summed E-state index contributed by atoms with van der Waals surface area (Å²) in [7, 11) is 0. The number of para-hydroxylation sites is 1. The van der Waals surface area contributed by atoms with Gasteiger partial charge in [-0.05, 0) is 41.5 Å². The zero-order valence-electron chi connectivity index (χ0n) is 15.8. The Morgan fingerprint density at radius 1 is 1.10 bits per heavy atom. The van der Waals surface area contributed by atoms with Gasteiger partial charge in [-0.3, -0.25) is 4.79 Å². The number of nitrogens with one attached hydrogen (secondary N) is 2. The zero-order valence-corrected chi connectivity index (χ0v) is 15.8. The molecule has 0 unspecified atom stereocenters. The van der Waals surface area contributed by atoms with Gasteiger partial charge in [0.25, 0.3) is 0 Å². The number of nitrogens with zero attached hydrogens (tertiary/aromatic N) is 4. The number of rotatable bonds is 5. The number of carbonyl (C=O) groups is 1. The highest BCUT2D eigenvalue weighted by Crippen LogP contribution is 2.23. The Morgan fingerprint density at radius 2 is 1.97 bits per heavy atom. The number of hydrogen-bond donors (Lipinski definition) is 2. The van der Waals surface area contributed by atoms with Crippen molar-refractivity contribution in [3.63, 3.8) is 0 Å². The SMILES string of the molecule is CC(=O)NCc1cccc(-c2ccc3nc(Nc4ccccc4C#N)nn3c2)c1. The lowest BCUT2D eigenvalue weighted by atomic mass is 10.0. The molecule has 0 atom stereocenters. The third kappa shape index (κ3) is 4.06. The van der Waals surface area contributed by atoms with E-state index in [2.05, 4.69) is 26.8 Å². The van der Waals surface area contributed by atoms with E-state index in [-0.39, 0.29) is 5.91 Å². The van der Waals surface area contributed by atoms with Crippen molar-refractivity contribution in [2.24, 2.45) is 0 Å². The monoisotopic (exact) mass is 382 g/mol. The molecule has 142 valence electrons. The van der Waals surface area contributed by atoms with Crippen LogP contribution >= 0.6 is 0 Å². The maximum absolute atomic E-state index is 11.1. The summed E-state index contributed by atoms with van der Waals surface area (Å²) in [6.07, 6.45) is 1.90. The van der Waals surface area contributed by atoms with E-state index in [1.165, 1.54) is 6.92 Å². The molecule has 4 rings (SSSR count). The van der Waals surface area contributed by atoms with Gasteiger partial charge in [0.05, 0.1) is 11.3 Å². The standard InChI is InChI=1S/C22H18N6O/c1-15(29)24-13-16-5-4-7-17(11-16)19-9-10-21-26-22(27-28(21)14-19)25-20-8-3-2-6-18(20)12-23/h2-11,14H,13H2,1H3,(H,24,29)(H,25,27). The fourth-order valence-corrected chi connectivity index (χ4v) is 3.00. The second-order valence-electron chi connectivity index (χ2n) is 6.55. The zero-order chi connectivity index (χ0) is 20.2. The molecule has 0 saturated heterocycles. The highest BCUT2D eigenvalue weighted by atomic mass is 16.1. The van der Waals surface area contributed by atoms with Gasteiger partial charge in [0, 0.05) is 25.2 Å². The van der Waals surface area contributed by atoms with Gasteiger partial charge in [-0.25, -0.2) is 4.52 Å². The minimum Gasteiger partial charge on any atom is -0.352 e. The molecule has 0 saturated carbocycles. The molecule has 2 aromatic heterocycles. The molecular formula is C22H18N6O. The predicted octanol–water partition coefficient (Wildman–Crippen LogP) is 3.65. The van der Waals surface area contributed by atoms with E-state index in [9.17, 15) is 10.1 Å². The molecule has 7 heteroatoms. The number of amides is 1. The fourth-order valence-electron chi connectivity index (χ4n) is 3.00. The summed E-state index contributed by atoms with van der Waals surface area (Å²) in [4.78, 5) is 15.6. The van der Waals surface area contributed by atoms with Crippen LogP contribution in [0.15, 0.2) is 66.9 Å². The van der Waals surface area contributed by atoms with Crippen LogP contribution in [-0.2, 0) is 11.3 Å². The average Bonchev–Trinajstić information content (AvgIpc) is 3.14. The minimum absolute atomic E-state index is 0.0579. The van der Waals surface area contributed by atoms with Crippen LogP contribution in [0, 0.1) is 11.3 Å². The van der Waals surface area contributed by atoms with Crippen LogP contribution in [-0.4, -0.2) is 20.5 Å². The molecule has 1 amide bonds. The Morgan fingerprint density at radius 3 is 2.79 bits per heavy atom. The molecule has 2 aromatic carbocycles. The Hall–Kier alpha value is -4.18. The third-order valence-electron chi connectivity index (χ3n) is 4.43. The molecule has 0 aliphatic heterocycles. The molecular weight excluding hydrogens is 364 g/mol. The van der Waals surface area contributed by atoms with Gasteiger partial charge >= 0.3 is 0 Å². The topological polar surface area (TPSA) is 95.1 Å². The van der Waals surface area contributed by atoms with Gasteiger partial charge in [-0.1, -0.05) is 30.3 Å². The normalized spacial score (nSPS) is 10.5. The molecule has 0 radical (unpaired) electrons. The van der Waals surface area contributed by atoms with Crippen molar-refractivity contribution < 1.29 is 4.79 Å². The van der Waals surface area contributed by atoms with Gasteiger partial charge in [0.2, 0.25) is 11.9 Å². The van der Waals surface area contributed by atoms with Gasteiger partial charge in [-0.15, -0.1) is 5.10 Å². The van der Waals surface area contributed by atoms with E-state index in [0.29, 0.717) is 29.4 Å². The summed E-state index contributed by atoms with van der Waals surface area (Å²) in [5.74, 6) is 0.363. The van der Waals surface area contributed by atoms with E-state index < -0.39 is 0 Å². The maximum Gasteiger partial charge on any atom is 0.247 e. The molecule has 0 bridgehead atoms. The van der Waals surface area contributed by atoms with Crippen molar-refractivity contribution >= 4 is 23.2 Å². The van der Waals surface area contributed by atoms with E-state index in [1.807, 2.05) is 60.8 Å². The van der Waals surface area contributed by atoms with Gasteiger partial charge in [-0.2, -0.15) is 10.2 Å². The van der Waals surface area contributed by atoms with Crippen LogP contribution in [0.3, 0.4) is 0 Å². The summed E-state index contributed by atoms with van der Waals surface area (Å²) in [5, 5.41) is 19.6. The van der Waals surface area contributed by atoms with Crippen LogP contribution in [0.25, 0.3) is 16.8 Å². The Labute approximate surface area is 167 Å². The summed E-state index contributed by atoms with van der Waals surface area (Å²) in [5.41, 5.74) is 4.91. The van der Waals surface area contributed by atoms with Crippen LogP contribution in [0.4, 0.5) is 11.6 Å². The van der Waals surface area contributed by atoms with Crippen LogP contribution in [0.5, 0.6) is 0 Å². The smallest absolute Gasteiger partial charge is 0.247 e. The summed E-state index contributed by atoms with van der Waals surface area (Å²) in [6, 6.07) is 21.2. The van der Waals surface area contributed by atoms with Crippen molar-refractivity contribution in [1.29, 1.82) is 5.26 Å². The van der Waals surface area contributed by atoms with Crippen molar-refractivity contribution in [2.45, 2.75) is 13.5 Å². The lowest BCUT2D eigenvalue weighted by Crippen LogP contribution is -2.18. The lowest BCUT2D eigenvalue weighted by molar-refractivity contribution is -0.119. The molecule has 2 heterocycles. The predicted molar refractivity (Wildman–Crippen MR) is 110 cm³/mol. The highest BCUT2D eigenvalue weighted by Gasteiger charge is 2.08. The third-order valence-corrected chi connectivity index (χ3v) is 4.43. The minimum atomic E-state index is -0.0579. The first kappa shape index (κ1) is 18.2. The first-order valence-electron chi connectivity index (χ1n) is 9.09. The van der Waals surface area contributed by atoms with Crippen LogP contribution in [0.1, 0.15) is 18.1 Å². The second-order valence-corrected chi connectivity index (χ2v) is 6.55. The van der Waals surface area contributed by atoms with E-state index in [0.717, 1.165) is 16.7 Å². The van der Waals surface area contributed by atoms with Gasteiger partial charge in [0.15, 0.2) is 5.65 Å². The van der Waals surface area contributed by atoms with E-state index >= 15 is 0 Å². The number of aromatic nitrogens is 3. The molecule has 4 aromatic rings. The first-order chi connectivity index (χ1) is 14.1. The number of nitriles is 1. The molecule has 0 aliphatic rings. The molecule has 0 aliphatic carbocycles. The summed E-state index contributed by atoms with van der Waals surface area (Å²) < 4.78 is 1.70. The molecule has 7 nitrogen and oxygen atoms in total. The van der Waals surface area contributed by atoms with Crippen molar-refractivity contribution in [1.82, 2.24) is 19.9 Å². The van der Waals surface area contributed by atoms with Crippen molar-refractivity contribution in [3.8, 4) is 17.2 Å². The Bertz CT molecular complexity index is 1240. The van der Waals surface area contributed by atoms with E-state index in [4.69, 9.17) is 0 Å². The summed E-state index contributed by atoms with van der Waals surface area (Å²) >= 11 is 0. The van der Waals surface area contributed by atoms with Gasteiger partial charge < -0.3 is 10.6 Å². The van der Waals surface area contributed by atoms with Gasteiger partial charge in [0.1, 0.15) is 6.07 Å². The number of carbonyl (C=O) groups excluding carboxylic acids is 1. The quantitative estimate of drug-likeness (QED) is 0.549. The van der Waals surface area contributed by atoms with Crippen molar-refractivity contribution in [2.75, 3.05) is 5.32 Å². The summed E-state index contributed by atoms with van der Waals surface area (Å²) in [6.45, 7) is 1.99. The molecule has 29 heavy (non-hydrogen) atoms. The number of benzene rings is 2. The Kier molecular flexibility index (Phi) is 4.91. The lowest BCUT2D eigenvalue weighted by Gasteiger charge is -2.06. The first-order valence-corrected chi connectivity index (χ1v) is 9.09. The largest absolute Gasteiger partial charge is 0.352 e. The van der Waals surface area contributed by atoms with Crippen LogP contribution < -0.4 is 10.6 Å². The highest BCUT2D eigenvalue weighted by molar-refractivity contribution is 5.73. The number of pyridine rings is 1. The van der Waals surface area contributed by atoms with E-state index in [1.54, 1.807) is 10.6 Å². The second kappa shape index (κ2) is 7.82. The average molecular weight is 382 g/mol. The van der Waals surface area contributed by atoms with Crippen molar-refractivity contribution in [3.05, 3.63) is 78.0 Å². The van der Waals surface area contributed by atoms with Crippen LogP contribution in [0.2, 0.25) is 0 Å².